The van der Waals surface area contributed by atoms with Crippen molar-refractivity contribution < 1.29 is 13.2 Å². The van der Waals surface area contributed by atoms with Crippen LogP contribution in [-0.4, -0.2) is 58.2 Å². The number of rotatable bonds is 9. The van der Waals surface area contributed by atoms with E-state index in [0.29, 0.717) is 25.0 Å². The molecule has 0 fully saturated rings. The molecule has 6 nitrogen and oxygen atoms in total. The van der Waals surface area contributed by atoms with Crippen molar-refractivity contribution in [2.24, 2.45) is 10.9 Å². The quantitative estimate of drug-likeness (QED) is 0.237. The van der Waals surface area contributed by atoms with Gasteiger partial charge in [0.15, 0.2) is 15.8 Å². The fourth-order valence-electron chi connectivity index (χ4n) is 1.53. The van der Waals surface area contributed by atoms with Crippen molar-refractivity contribution in [2.45, 2.75) is 45.8 Å². The van der Waals surface area contributed by atoms with E-state index in [2.05, 4.69) is 29.5 Å². The summed E-state index contributed by atoms with van der Waals surface area (Å²) in [6.45, 7) is 12.0. The number of nitrogens with zero attached hydrogens (tertiary/aromatic N) is 1. The highest BCUT2D eigenvalue weighted by Gasteiger charge is 2.28. The van der Waals surface area contributed by atoms with E-state index in [1.54, 1.807) is 27.8 Å². The Morgan fingerprint density at radius 1 is 1.17 bits per heavy atom. The fraction of sp³-hybridized carbons (Fsp3) is 0.933. The maximum Gasteiger partial charge on any atom is 0.191 e. The predicted molar refractivity (Wildman–Crippen MR) is 109 cm³/mol. The first-order valence-corrected chi connectivity index (χ1v) is 9.50. The molecule has 0 radical (unpaired) electrons. The molecule has 0 saturated heterocycles. The highest BCUT2D eigenvalue weighted by molar-refractivity contribution is 14.0. The van der Waals surface area contributed by atoms with Crippen LogP contribution in [0.25, 0.3) is 0 Å². The molecular formula is C15H34IN3O3S. The summed E-state index contributed by atoms with van der Waals surface area (Å²) in [7, 11) is -1.44. The number of sulfone groups is 1. The van der Waals surface area contributed by atoms with Gasteiger partial charge in [-0.05, 0) is 33.1 Å². The molecule has 0 aliphatic carbocycles. The van der Waals surface area contributed by atoms with Gasteiger partial charge < -0.3 is 15.4 Å². The van der Waals surface area contributed by atoms with Gasteiger partial charge in [0.2, 0.25) is 0 Å². The molecule has 0 aliphatic rings. The molecule has 0 aliphatic heterocycles. The van der Waals surface area contributed by atoms with Crippen LogP contribution >= 0.6 is 24.0 Å². The van der Waals surface area contributed by atoms with Crippen LogP contribution < -0.4 is 10.6 Å². The molecule has 0 atom stereocenters. The number of hydrogen-bond donors (Lipinski definition) is 2. The summed E-state index contributed by atoms with van der Waals surface area (Å²) in [5.41, 5.74) is 0. The Morgan fingerprint density at radius 2 is 1.74 bits per heavy atom. The van der Waals surface area contributed by atoms with Gasteiger partial charge in [0.1, 0.15) is 0 Å². The van der Waals surface area contributed by atoms with Gasteiger partial charge in [-0.3, -0.25) is 4.99 Å². The Morgan fingerprint density at radius 3 is 2.22 bits per heavy atom. The second kappa shape index (κ2) is 12.3. The Labute approximate surface area is 159 Å². The van der Waals surface area contributed by atoms with Crippen LogP contribution in [-0.2, 0) is 14.6 Å². The number of ether oxygens (including phenoxy) is 1. The van der Waals surface area contributed by atoms with Gasteiger partial charge in [-0.1, -0.05) is 13.8 Å². The molecule has 140 valence electrons. The van der Waals surface area contributed by atoms with Crippen LogP contribution in [0.1, 0.15) is 41.0 Å². The van der Waals surface area contributed by atoms with Gasteiger partial charge >= 0.3 is 0 Å². The number of hydrogen-bond acceptors (Lipinski definition) is 4. The molecule has 0 rings (SSSR count). The van der Waals surface area contributed by atoms with E-state index in [9.17, 15) is 8.42 Å². The molecule has 0 aromatic carbocycles. The lowest BCUT2D eigenvalue weighted by molar-refractivity contribution is 0.108. The minimum atomic E-state index is -3.11. The molecule has 0 saturated carbocycles. The summed E-state index contributed by atoms with van der Waals surface area (Å²) in [6.07, 6.45) is 0.883. The standard InChI is InChI=1S/C15H33N3O3S.HI/c1-13(2)12-21-10-7-8-17-14(16-6)18-9-11-22(19,20)15(3,4)5;/h13H,7-12H2,1-6H3,(H2,16,17,18);1H. The number of nitrogens with one attached hydrogen (secondary N) is 2. The average molecular weight is 463 g/mol. The zero-order chi connectivity index (χ0) is 17.2. The summed E-state index contributed by atoms with van der Waals surface area (Å²) >= 11 is 0. The van der Waals surface area contributed by atoms with Crippen molar-refractivity contribution in [1.29, 1.82) is 0 Å². The van der Waals surface area contributed by atoms with Crippen LogP contribution in [0.15, 0.2) is 4.99 Å². The first-order chi connectivity index (χ1) is 10.1. The molecule has 0 heterocycles. The molecule has 0 bridgehead atoms. The van der Waals surface area contributed by atoms with E-state index in [0.717, 1.165) is 19.6 Å². The summed E-state index contributed by atoms with van der Waals surface area (Å²) in [4.78, 5) is 4.07. The molecular weight excluding hydrogens is 429 g/mol. The van der Waals surface area contributed by atoms with Crippen LogP contribution in [0.2, 0.25) is 0 Å². The second-order valence-corrected chi connectivity index (χ2v) is 9.54. The summed E-state index contributed by atoms with van der Waals surface area (Å²) < 4.78 is 28.8. The summed E-state index contributed by atoms with van der Waals surface area (Å²) in [5.74, 6) is 1.26. The molecule has 0 unspecified atom stereocenters. The third kappa shape index (κ3) is 12.0. The molecule has 0 amide bonds. The molecule has 0 spiro atoms. The largest absolute Gasteiger partial charge is 0.381 e. The van der Waals surface area contributed by atoms with Crippen molar-refractivity contribution in [3.63, 3.8) is 0 Å². The lowest BCUT2D eigenvalue weighted by Crippen LogP contribution is -2.42. The van der Waals surface area contributed by atoms with Gasteiger partial charge in [-0.25, -0.2) is 8.42 Å². The molecule has 0 aromatic heterocycles. The third-order valence-electron chi connectivity index (χ3n) is 3.03. The van der Waals surface area contributed by atoms with E-state index in [1.165, 1.54) is 0 Å². The van der Waals surface area contributed by atoms with Crippen LogP contribution in [0, 0.1) is 5.92 Å². The lowest BCUT2D eigenvalue weighted by Gasteiger charge is -2.19. The molecule has 8 heteroatoms. The maximum absolute atomic E-state index is 12.0. The normalized spacial score (nSPS) is 12.9. The van der Waals surface area contributed by atoms with Crippen molar-refractivity contribution in [3.8, 4) is 0 Å². The Kier molecular flexibility index (Phi) is 13.4. The van der Waals surface area contributed by atoms with Crippen molar-refractivity contribution >= 4 is 39.8 Å². The van der Waals surface area contributed by atoms with Gasteiger partial charge in [0, 0.05) is 33.4 Å². The topological polar surface area (TPSA) is 79.8 Å². The van der Waals surface area contributed by atoms with E-state index in [1.807, 2.05) is 0 Å². The summed E-state index contributed by atoms with van der Waals surface area (Å²) in [5, 5.41) is 6.17. The Balaban J connectivity index is 0. The van der Waals surface area contributed by atoms with Crippen LogP contribution in [0.4, 0.5) is 0 Å². The van der Waals surface area contributed by atoms with E-state index >= 15 is 0 Å². The van der Waals surface area contributed by atoms with Gasteiger partial charge in [-0.2, -0.15) is 0 Å². The maximum atomic E-state index is 12.0. The van der Waals surface area contributed by atoms with Gasteiger partial charge in [0.25, 0.3) is 0 Å². The third-order valence-corrected chi connectivity index (χ3v) is 5.64. The van der Waals surface area contributed by atoms with Crippen LogP contribution in [0.5, 0.6) is 0 Å². The monoisotopic (exact) mass is 463 g/mol. The van der Waals surface area contributed by atoms with Gasteiger partial charge in [-0.15, -0.1) is 24.0 Å². The van der Waals surface area contributed by atoms with E-state index < -0.39 is 14.6 Å². The molecule has 0 aromatic rings. The van der Waals surface area contributed by atoms with Gasteiger partial charge in [0.05, 0.1) is 10.5 Å². The van der Waals surface area contributed by atoms with E-state index in [-0.39, 0.29) is 29.7 Å². The van der Waals surface area contributed by atoms with Crippen molar-refractivity contribution in [2.75, 3.05) is 39.1 Å². The Bertz CT molecular complexity index is 432. The molecule has 2 N–H and O–H groups in total. The first-order valence-electron chi connectivity index (χ1n) is 7.84. The lowest BCUT2D eigenvalue weighted by atomic mass is 10.2. The van der Waals surface area contributed by atoms with E-state index in [4.69, 9.17) is 4.74 Å². The Hall–Kier alpha value is -0.0900. The smallest absolute Gasteiger partial charge is 0.191 e. The minimum absolute atomic E-state index is 0. The summed E-state index contributed by atoms with van der Waals surface area (Å²) in [6, 6.07) is 0. The molecule has 23 heavy (non-hydrogen) atoms. The predicted octanol–water partition coefficient (Wildman–Crippen LogP) is 2.05. The zero-order valence-corrected chi connectivity index (χ0v) is 18.5. The fourth-order valence-corrected chi connectivity index (χ4v) is 2.51. The SMILES string of the molecule is CN=C(NCCCOCC(C)C)NCCS(=O)(=O)C(C)(C)C.I. The number of aliphatic imine (C=N–C) groups is 1. The highest BCUT2D eigenvalue weighted by Crippen LogP contribution is 2.15. The average Bonchev–Trinajstić information content (AvgIpc) is 2.38. The minimum Gasteiger partial charge on any atom is -0.381 e. The highest BCUT2D eigenvalue weighted by atomic mass is 127. The first kappa shape index (κ1) is 25.2. The number of guanidine groups is 1. The van der Waals surface area contributed by atoms with Crippen molar-refractivity contribution in [3.05, 3.63) is 0 Å². The van der Waals surface area contributed by atoms with Crippen LogP contribution in [0.3, 0.4) is 0 Å². The number of halogens is 1. The second-order valence-electron chi connectivity index (χ2n) is 6.68. The van der Waals surface area contributed by atoms with Crippen molar-refractivity contribution in [1.82, 2.24) is 10.6 Å². The zero-order valence-electron chi connectivity index (χ0n) is 15.3.